The van der Waals surface area contributed by atoms with Gasteiger partial charge in [-0.1, -0.05) is 34.1 Å². The number of benzene rings is 1. The van der Waals surface area contributed by atoms with Crippen LogP contribution < -0.4 is 0 Å². The molecule has 3 fully saturated rings. The minimum atomic E-state index is -0.583. The van der Waals surface area contributed by atoms with Crippen LogP contribution in [0.1, 0.15) is 81.8 Å². The SMILES string of the molecule is C[C@H]1CCC2C(C)(C)CCC[C@]2(C)C12OC2c1cc(O)c(O)c(C=O)c1O. The van der Waals surface area contributed by atoms with Gasteiger partial charge in [-0.15, -0.1) is 0 Å². The Labute approximate surface area is 160 Å². The number of phenolic OH excluding ortho intramolecular Hbond substituents is 3. The third-order valence-electron chi connectivity index (χ3n) is 8.11. The lowest BCUT2D eigenvalue weighted by Gasteiger charge is -2.58. The number of rotatable bonds is 2. The first-order valence-corrected chi connectivity index (χ1v) is 10.0. The fourth-order valence-corrected chi connectivity index (χ4v) is 6.76. The van der Waals surface area contributed by atoms with E-state index in [1.165, 1.54) is 18.9 Å². The number of phenols is 3. The standard InChI is InChI=1S/C22H30O5/c1-12-6-7-16-20(2,3)8-5-9-21(16,4)22(12)19(27-22)13-10-15(24)18(26)14(11-23)17(13)25/h10-12,16,19,24-26H,5-9H2,1-4H3/t12-,16?,19?,21-,22?/m0/s1. The van der Waals surface area contributed by atoms with E-state index in [1.54, 1.807) is 0 Å². The molecule has 148 valence electrons. The van der Waals surface area contributed by atoms with Gasteiger partial charge in [0.05, 0.1) is 0 Å². The summed E-state index contributed by atoms with van der Waals surface area (Å²) >= 11 is 0. The number of carbonyl (C=O) groups excluding carboxylic acids is 1. The van der Waals surface area contributed by atoms with E-state index in [0.29, 0.717) is 23.7 Å². The number of aromatic hydroxyl groups is 3. The molecule has 3 aliphatic rings. The molecule has 3 unspecified atom stereocenters. The number of hydrogen-bond acceptors (Lipinski definition) is 5. The van der Waals surface area contributed by atoms with Gasteiger partial charge in [-0.2, -0.15) is 0 Å². The molecule has 1 aromatic rings. The monoisotopic (exact) mass is 374 g/mol. The van der Waals surface area contributed by atoms with E-state index < -0.39 is 17.1 Å². The van der Waals surface area contributed by atoms with Crippen molar-refractivity contribution in [3.63, 3.8) is 0 Å². The summed E-state index contributed by atoms with van der Waals surface area (Å²) in [7, 11) is 0. The highest BCUT2D eigenvalue weighted by Crippen LogP contribution is 2.75. The van der Waals surface area contributed by atoms with Gasteiger partial charge >= 0.3 is 0 Å². The summed E-state index contributed by atoms with van der Waals surface area (Å²) in [6.07, 6.45) is 5.68. The van der Waals surface area contributed by atoms with Gasteiger partial charge in [0.1, 0.15) is 23.0 Å². The highest BCUT2D eigenvalue weighted by molar-refractivity contribution is 5.86. The Balaban J connectivity index is 1.82. The van der Waals surface area contributed by atoms with Crippen molar-refractivity contribution in [1.29, 1.82) is 0 Å². The quantitative estimate of drug-likeness (QED) is 0.302. The molecule has 1 heterocycles. The molecule has 0 radical (unpaired) electrons. The molecular formula is C22H30O5. The van der Waals surface area contributed by atoms with Crippen LogP contribution in [-0.2, 0) is 4.74 Å². The summed E-state index contributed by atoms with van der Waals surface area (Å²) in [4.78, 5) is 11.3. The third-order valence-corrected chi connectivity index (χ3v) is 8.11. The topological polar surface area (TPSA) is 90.3 Å². The van der Waals surface area contributed by atoms with Crippen LogP contribution in [0.25, 0.3) is 0 Å². The predicted molar refractivity (Wildman–Crippen MR) is 101 cm³/mol. The highest BCUT2D eigenvalue weighted by atomic mass is 16.6. The summed E-state index contributed by atoms with van der Waals surface area (Å²) in [6, 6.07) is 1.35. The number of hydrogen-bond donors (Lipinski definition) is 3. The van der Waals surface area contributed by atoms with Gasteiger partial charge in [0, 0.05) is 11.0 Å². The van der Waals surface area contributed by atoms with E-state index in [0.717, 1.165) is 19.3 Å². The average Bonchev–Trinajstić information content (AvgIpc) is 3.33. The van der Waals surface area contributed by atoms with Gasteiger partial charge in [-0.3, -0.25) is 4.79 Å². The molecular weight excluding hydrogens is 344 g/mol. The number of epoxide rings is 1. The summed E-state index contributed by atoms with van der Waals surface area (Å²) < 4.78 is 6.42. The van der Waals surface area contributed by atoms with Crippen molar-refractivity contribution >= 4 is 6.29 Å². The Kier molecular flexibility index (Phi) is 3.88. The van der Waals surface area contributed by atoms with Crippen molar-refractivity contribution in [3.8, 4) is 17.2 Å². The van der Waals surface area contributed by atoms with Crippen LogP contribution in [0.3, 0.4) is 0 Å². The van der Waals surface area contributed by atoms with E-state index in [1.807, 2.05) is 0 Å². The molecule has 1 aromatic carbocycles. The summed E-state index contributed by atoms with van der Waals surface area (Å²) in [5.74, 6) is -0.425. The Bertz CT molecular complexity index is 800. The molecule has 1 aliphatic heterocycles. The van der Waals surface area contributed by atoms with Crippen LogP contribution in [0.15, 0.2) is 6.07 Å². The highest BCUT2D eigenvalue weighted by Gasteiger charge is 2.75. The molecule has 0 amide bonds. The van der Waals surface area contributed by atoms with Crippen LogP contribution in [0.4, 0.5) is 0 Å². The average molecular weight is 374 g/mol. The Morgan fingerprint density at radius 2 is 1.81 bits per heavy atom. The van der Waals surface area contributed by atoms with Crippen LogP contribution in [-0.4, -0.2) is 27.2 Å². The fraction of sp³-hybridized carbons (Fsp3) is 0.682. The molecule has 0 bridgehead atoms. The molecule has 4 rings (SSSR count). The minimum absolute atomic E-state index is 0.0294. The first-order chi connectivity index (χ1) is 12.6. The van der Waals surface area contributed by atoms with Crippen molar-refractivity contribution in [2.75, 3.05) is 0 Å². The van der Waals surface area contributed by atoms with E-state index in [4.69, 9.17) is 4.74 Å². The molecule has 5 atom stereocenters. The second-order valence-electron chi connectivity index (χ2n) is 9.80. The fourth-order valence-electron chi connectivity index (χ4n) is 6.76. The maximum Gasteiger partial charge on any atom is 0.171 e. The van der Waals surface area contributed by atoms with Crippen molar-refractivity contribution in [2.24, 2.45) is 22.7 Å². The van der Waals surface area contributed by atoms with Crippen LogP contribution in [0, 0.1) is 22.7 Å². The Morgan fingerprint density at radius 1 is 1.11 bits per heavy atom. The molecule has 0 aromatic heterocycles. The molecule has 27 heavy (non-hydrogen) atoms. The zero-order chi connectivity index (χ0) is 19.8. The zero-order valence-electron chi connectivity index (χ0n) is 16.6. The van der Waals surface area contributed by atoms with Gasteiger partial charge in [-0.05, 0) is 49.0 Å². The normalized spacial score (nSPS) is 39.8. The van der Waals surface area contributed by atoms with Crippen LogP contribution >= 0.6 is 0 Å². The Morgan fingerprint density at radius 3 is 2.48 bits per heavy atom. The van der Waals surface area contributed by atoms with Crippen LogP contribution in [0.5, 0.6) is 17.2 Å². The van der Waals surface area contributed by atoms with Gasteiger partial charge in [0.25, 0.3) is 0 Å². The maximum absolute atomic E-state index is 11.3. The molecule has 2 saturated carbocycles. The van der Waals surface area contributed by atoms with Gasteiger partial charge < -0.3 is 20.1 Å². The molecule has 1 spiro atoms. The predicted octanol–water partition coefficient (Wildman–Crippen LogP) is 4.69. The van der Waals surface area contributed by atoms with Crippen LogP contribution in [0.2, 0.25) is 0 Å². The van der Waals surface area contributed by atoms with Gasteiger partial charge in [-0.25, -0.2) is 0 Å². The van der Waals surface area contributed by atoms with E-state index in [9.17, 15) is 20.1 Å². The molecule has 1 saturated heterocycles. The lowest BCUT2D eigenvalue weighted by Crippen LogP contribution is -2.56. The van der Waals surface area contributed by atoms with E-state index in [2.05, 4.69) is 27.7 Å². The summed E-state index contributed by atoms with van der Waals surface area (Å²) in [5.41, 5.74) is -0.0641. The van der Waals surface area contributed by atoms with Crippen molar-refractivity contribution in [2.45, 2.75) is 71.5 Å². The third kappa shape index (κ3) is 2.24. The summed E-state index contributed by atoms with van der Waals surface area (Å²) in [6.45, 7) is 9.24. The second kappa shape index (κ2) is 5.63. The number of fused-ring (bicyclic) bond motifs is 2. The number of aldehydes is 1. The second-order valence-corrected chi connectivity index (χ2v) is 9.80. The molecule has 5 nitrogen and oxygen atoms in total. The summed E-state index contributed by atoms with van der Waals surface area (Å²) in [5, 5.41) is 30.6. The number of carbonyl (C=O) groups is 1. The molecule has 3 N–H and O–H groups in total. The molecule has 2 aliphatic carbocycles. The van der Waals surface area contributed by atoms with Crippen molar-refractivity contribution in [1.82, 2.24) is 0 Å². The Hall–Kier alpha value is -1.75. The zero-order valence-corrected chi connectivity index (χ0v) is 16.6. The lowest BCUT2D eigenvalue weighted by molar-refractivity contribution is -0.108. The van der Waals surface area contributed by atoms with E-state index >= 15 is 0 Å². The van der Waals surface area contributed by atoms with Crippen molar-refractivity contribution < 1.29 is 24.9 Å². The van der Waals surface area contributed by atoms with Crippen molar-refractivity contribution in [3.05, 3.63) is 17.2 Å². The van der Waals surface area contributed by atoms with Gasteiger partial charge in [0.2, 0.25) is 0 Å². The lowest BCUT2D eigenvalue weighted by atomic mass is 9.45. The van der Waals surface area contributed by atoms with E-state index in [-0.39, 0.29) is 28.2 Å². The largest absolute Gasteiger partial charge is 0.507 e. The maximum atomic E-state index is 11.3. The first kappa shape index (κ1) is 18.6. The number of ether oxygens (including phenoxy) is 1. The smallest absolute Gasteiger partial charge is 0.171 e. The van der Waals surface area contributed by atoms with Gasteiger partial charge in [0.15, 0.2) is 17.8 Å². The molecule has 5 heteroatoms. The minimum Gasteiger partial charge on any atom is -0.507 e. The first-order valence-electron chi connectivity index (χ1n) is 10.0.